The van der Waals surface area contributed by atoms with E-state index in [-0.39, 0.29) is 12.6 Å². The van der Waals surface area contributed by atoms with Crippen molar-refractivity contribution < 1.29 is 14.3 Å². The molecule has 1 aliphatic heterocycles. The first-order chi connectivity index (χ1) is 9.71. The molecule has 1 aromatic carbocycles. The van der Waals surface area contributed by atoms with Crippen molar-refractivity contribution in [1.82, 2.24) is 5.32 Å². The molecule has 5 nitrogen and oxygen atoms in total. The van der Waals surface area contributed by atoms with Crippen LogP contribution in [-0.4, -0.2) is 18.4 Å². The lowest BCUT2D eigenvalue weighted by Crippen LogP contribution is -2.34. The Bertz CT molecular complexity index is 571. The van der Waals surface area contributed by atoms with Crippen LogP contribution in [0, 0.1) is 12.3 Å². The molecule has 1 aliphatic carbocycles. The molecule has 1 spiro atoms. The van der Waals surface area contributed by atoms with Crippen LogP contribution in [-0.2, 0) is 0 Å². The third kappa shape index (κ3) is 2.37. The Morgan fingerprint density at radius 3 is 2.80 bits per heavy atom. The lowest BCUT2D eigenvalue weighted by molar-refractivity contribution is -0.0716. The number of carbonyl (C=O) groups excluding carboxylic acids is 1. The molecule has 1 heterocycles. The molecule has 0 bridgehead atoms. The normalized spacial score (nSPS) is 17.8. The van der Waals surface area contributed by atoms with Gasteiger partial charge in [-0.1, -0.05) is 5.92 Å². The monoisotopic (exact) mass is 272 g/mol. The zero-order chi connectivity index (χ0) is 14.0. The Morgan fingerprint density at radius 2 is 2.05 bits per heavy atom. The summed E-state index contributed by atoms with van der Waals surface area (Å²) in [7, 11) is 0. The number of carbonyl (C=O) groups is 1. The summed E-state index contributed by atoms with van der Waals surface area (Å²) in [4.78, 5) is 11.5. The van der Waals surface area contributed by atoms with Crippen LogP contribution in [0.3, 0.4) is 0 Å². The van der Waals surface area contributed by atoms with E-state index >= 15 is 0 Å². The Labute approximate surface area is 117 Å². The maximum Gasteiger partial charge on any atom is 0.319 e. The van der Waals surface area contributed by atoms with E-state index in [0.717, 1.165) is 31.4 Å². The van der Waals surface area contributed by atoms with Crippen LogP contribution in [0.4, 0.5) is 10.5 Å². The average Bonchev–Trinajstić information content (AvgIpc) is 3.02. The molecular weight excluding hydrogens is 256 g/mol. The molecular formula is C15H16N2O3. The summed E-state index contributed by atoms with van der Waals surface area (Å²) in [5, 5.41) is 5.24. The minimum atomic E-state index is -0.479. The van der Waals surface area contributed by atoms with Crippen LogP contribution in [0.5, 0.6) is 11.5 Å². The molecule has 0 atom stereocenters. The lowest BCUT2D eigenvalue weighted by atomic mass is 10.2. The second kappa shape index (κ2) is 4.97. The smallest absolute Gasteiger partial charge is 0.319 e. The maximum atomic E-state index is 11.5. The Hall–Kier alpha value is -2.35. The van der Waals surface area contributed by atoms with Crippen molar-refractivity contribution in [3.05, 3.63) is 18.2 Å². The molecule has 104 valence electrons. The zero-order valence-electron chi connectivity index (χ0n) is 11.1. The van der Waals surface area contributed by atoms with Gasteiger partial charge in [-0.15, -0.1) is 6.42 Å². The largest absolute Gasteiger partial charge is 0.448 e. The quantitative estimate of drug-likeness (QED) is 0.813. The van der Waals surface area contributed by atoms with E-state index in [1.54, 1.807) is 12.1 Å². The van der Waals surface area contributed by atoms with Gasteiger partial charge in [-0.3, -0.25) is 0 Å². The van der Waals surface area contributed by atoms with Crippen molar-refractivity contribution in [2.45, 2.75) is 31.5 Å². The SMILES string of the molecule is C#CCNC(=O)Nc1ccc2c(c1)OC1(CCCC1)O2. The number of rotatable bonds is 2. The number of ether oxygens (including phenoxy) is 2. The first-order valence-electron chi connectivity index (χ1n) is 6.71. The van der Waals surface area contributed by atoms with E-state index in [4.69, 9.17) is 15.9 Å². The molecule has 1 fully saturated rings. The predicted molar refractivity (Wildman–Crippen MR) is 74.8 cm³/mol. The second-order valence-corrected chi connectivity index (χ2v) is 5.00. The highest BCUT2D eigenvalue weighted by atomic mass is 16.7. The van der Waals surface area contributed by atoms with Crippen LogP contribution in [0.1, 0.15) is 25.7 Å². The summed E-state index contributed by atoms with van der Waals surface area (Å²) < 4.78 is 11.8. The minimum absolute atomic E-state index is 0.194. The van der Waals surface area contributed by atoms with Gasteiger partial charge in [-0.05, 0) is 25.0 Å². The summed E-state index contributed by atoms with van der Waals surface area (Å²) in [6.07, 6.45) is 9.14. The highest BCUT2D eigenvalue weighted by Crippen LogP contribution is 2.47. The van der Waals surface area contributed by atoms with E-state index in [0.29, 0.717) is 11.4 Å². The number of hydrogen-bond acceptors (Lipinski definition) is 3. The molecule has 0 aromatic heterocycles. The van der Waals surface area contributed by atoms with Crippen molar-refractivity contribution in [1.29, 1.82) is 0 Å². The van der Waals surface area contributed by atoms with Crippen LogP contribution >= 0.6 is 0 Å². The van der Waals surface area contributed by atoms with E-state index in [1.807, 2.05) is 6.07 Å². The van der Waals surface area contributed by atoms with Gasteiger partial charge in [0, 0.05) is 24.6 Å². The second-order valence-electron chi connectivity index (χ2n) is 5.00. The van der Waals surface area contributed by atoms with Crippen molar-refractivity contribution in [3.63, 3.8) is 0 Å². The van der Waals surface area contributed by atoms with Gasteiger partial charge in [0.2, 0.25) is 0 Å². The average molecular weight is 272 g/mol. The molecule has 0 saturated heterocycles. The van der Waals surface area contributed by atoms with Gasteiger partial charge in [0.25, 0.3) is 5.79 Å². The number of benzene rings is 1. The van der Waals surface area contributed by atoms with Crippen LogP contribution in [0.15, 0.2) is 18.2 Å². The number of anilines is 1. The fourth-order valence-electron chi connectivity index (χ4n) is 2.60. The highest BCUT2D eigenvalue weighted by Gasteiger charge is 2.44. The summed E-state index contributed by atoms with van der Waals surface area (Å²) in [5.74, 6) is 3.28. The van der Waals surface area contributed by atoms with Crippen molar-refractivity contribution in [2.75, 3.05) is 11.9 Å². The van der Waals surface area contributed by atoms with Crippen molar-refractivity contribution >= 4 is 11.7 Å². The minimum Gasteiger partial charge on any atom is -0.448 e. The molecule has 0 unspecified atom stereocenters. The number of urea groups is 1. The number of nitrogens with one attached hydrogen (secondary N) is 2. The van der Waals surface area contributed by atoms with E-state index in [1.165, 1.54) is 0 Å². The van der Waals surface area contributed by atoms with Gasteiger partial charge >= 0.3 is 6.03 Å². The molecule has 2 aliphatic rings. The molecule has 0 radical (unpaired) electrons. The third-order valence-corrected chi connectivity index (χ3v) is 3.51. The van der Waals surface area contributed by atoms with E-state index in [9.17, 15) is 4.79 Å². The molecule has 2 amide bonds. The van der Waals surface area contributed by atoms with Crippen LogP contribution < -0.4 is 20.1 Å². The number of hydrogen-bond donors (Lipinski definition) is 2. The first-order valence-corrected chi connectivity index (χ1v) is 6.71. The summed E-state index contributed by atoms with van der Waals surface area (Å²) >= 11 is 0. The number of amides is 2. The summed E-state index contributed by atoms with van der Waals surface area (Å²) in [6.45, 7) is 0.194. The standard InChI is InChI=1S/C15H16N2O3/c1-2-9-16-14(18)17-11-5-6-12-13(10-11)20-15(19-12)7-3-4-8-15/h1,5-6,10H,3-4,7-9H2,(H2,16,17,18). The van der Waals surface area contributed by atoms with Crippen molar-refractivity contribution in [3.8, 4) is 23.8 Å². The van der Waals surface area contributed by atoms with Gasteiger partial charge < -0.3 is 20.1 Å². The Kier molecular flexibility index (Phi) is 3.15. The Balaban J connectivity index is 1.69. The Morgan fingerprint density at radius 1 is 1.30 bits per heavy atom. The molecule has 1 saturated carbocycles. The molecule has 5 heteroatoms. The summed E-state index contributed by atoms with van der Waals surface area (Å²) in [6, 6.07) is 5.04. The number of terminal acetylenes is 1. The molecule has 20 heavy (non-hydrogen) atoms. The molecule has 1 aromatic rings. The van der Waals surface area contributed by atoms with Gasteiger partial charge in [0.1, 0.15) is 0 Å². The van der Waals surface area contributed by atoms with Gasteiger partial charge in [0.05, 0.1) is 6.54 Å². The zero-order valence-corrected chi connectivity index (χ0v) is 11.1. The van der Waals surface area contributed by atoms with E-state index < -0.39 is 5.79 Å². The highest BCUT2D eigenvalue weighted by molar-refractivity contribution is 5.89. The van der Waals surface area contributed by atoms with Crippen LogP contribution in [0.25, 0.3) is 0 Å². The third-order valence-electron chi connectivity index (χ3n) is 3.51. The van der Waals surface area contributed by atoms with Gasteiger partial charge in [0.15, 0.2) is 11.5 Å². The topological polar surface area (TPSA) is 59.6 Å². The molecule has 3 rings (SSSR count). The van der Waals surface area contributed by atoms with Crippen LogP contribution in [0.2, 0.25) is 0 Å². The fourth-order valence-corrected chi connectivity index (χ4v) is 2.60. The predicted octanol–water partition coefficient (Wildman–Crippen LogP) is 2.48. The number of fused-ring (bicyclic) bond motifs is 1. The first kappa shape index (κ1) is 12.7. The summed E-state index contributed by atoms with van der Waals surface area (Å²) in [5.41, 5.74) is 0.650. The van der Waals surface area contributed by atoms with Gasteiger partial charge in [-0.2, -0.15) is 0 Å². The van der Waals surface area contributed by atoms with Gasteiger partial charge in [-0.25, -0.2) is 4.79 Å². The molecule has 2 N–H and O–H groups in total. The van der Waals surface area contributed by atoms with E-state index in [2.05, 4.69) is 16.6 Å². The lowest BCUT2D eigenvalue weighted by Gasteiger charge is -2.21. The van der Waals surface area contributed by atoms with Crippen molar-refractivity contribution in [2.24, 2.45) is 0 Å². The maximum absolute atomic E-state index is 11.5. The fraction of sp³-hybridized carbons (Fsp3) is 0.400.